The van der Waals surface area contributed by atoms with E-state index in [0.29, 0.717) is 0 Å². The summed E-state index contributed by atoms with van der Waals surface area (Å²) >= 11 is 0. The second kappa shape index (κ2) is 33.0. The van der Waals surface area contributed by atoms with Gasteiger partial charge in [0.25, 0.3) is 0 Å². The Morgan fingerprint density at radius 1 is 0.250 bits per heavy atom. The van der Waals surface area contributed by atoms with Gasteiger partial charge in [-0.15, -0.1) is 0 Å². The number of unbranched alkanes of at least 4 members (excludes halogenated alkanes) is 28. The molecule has 0 amide bonds. The van der Waals surface area contributed by atoms with Crippen molar-refractivity contribution in [1.82, 2.24) is 0 Å². The van der Waals surface area contributed by atoms with Crippen molar-refractivity contribution >= 4 is 0 Å². The zero-order valence-corrected chi connectivity index (χ0v) is 26.2. The fourth-order valence-electron chi connectivity index (χ4n) is 5.87. The molecule has 0 aliphatic rings. The molecule has 36 heavy (non-hydrogen) atoms. The molecule has 0 aromatic carbocycles. The van der Waals surface area contributed by atoms with Crippen molar-refractivity contribution in [3.63, 3.8) is 0 Å². The van der Waals surface area contributed by atoms with Crippen LogP contribution in [-0.4, -0.2) is 0 Å². The molecule has 0 atom stereocenters. The maximum Gasteiger partial charge on any atom is -0.0443 e. The van der Waals surface area contributed by atoms with Crippen LogP contribution in [0.15, 0.2) is 0 Å². The topological polar surface area (TPSA) is 0 Å². The maximum absolute atomic E-state index is 2.51. The molecular formula is C36H74. The monoisotopic (exact) mass is 507 g/mol. The Bertz CT molecular complexity index is 325. The molecule has 0 aliphatic carbocycles. The number of hydrogen-bond acceptors (Lipinski definition) is 0. The van der Waals surface area contributed by atoms with Crippen LogP contribution in [0.25, 0.3) is 0 Å². The molecule has 0 rings (SSSR count). The highest BCUT2D eigenvalue weighted by Gasteiger charge is 2.02. The van der Waals surface area contributed by atoms with E-state index in [4.69, 9.17) is 0 Å². The predicted octanol–water partition coefficient (Wildman–Crippen LogP) is 14.1. The lowest BCUT2D eigenvalue weighted by Crippen LogP contribution is -1.95. The third-order valence-electron chi connectivity index (χ3n) is 8.60. The molecule has 0 spiro atoms. The van der Waals surface area contributed by atoms with Gasteiger partial charge in [-0.3, -0.25) is 0 Å². The highest BCUT2D eigenvalue weighted by atomic mass is 14.1. The summed E-state index contributed by atoms with van der Waals surface area (Å²) in [5.74, 6) is 0.967. The summed E-state index contributed by atoms with van der Waals surface area (Å²) < 4.78 is 0. The van der Waals surface area contributed by atoms with Crippen LogP contribution in [0.3, 0.4) is 0 Å². The summed E-state index contributed by atoms with van der Waals surface area (Å²) in [6.45, 7) is 7.12. The van der Waals surface area contributed by atoms with Crippen LogP contribution >= 0.6 is 0 Å². The van der Waals surface area contributed by atoms with Gasteiger partial charge in [0, 0.05) is 0 Å². The lowest BCUT2D eigenvalue weighted by Gasteiger charge is -2.11. The average molecular weight is 507 g/mol. The summed E-state index contributed by atoms with van der Waals surface area (Å²) in [5.41, 5.74) is 0. The van der Waals surface area contributed by atoms with Crippen LogP contribution in [0.2, 0.25) is 0 Å². The highest BCUT2D eigenvalue weighted by molar-refractivity contribution is 4.56. The molecule has 0 aliphatic heterocycles. The molecule has 0 heteroatoms. The normalized spacial score (nSPS) is 11.7. The molecule has 0 N–H and O–H groups in total. The quantitative estimate of drug-likeness (QED) is 0.0795. The minimum Gasteiger partial charge on any atom is -0.0654 e. The van der Waals surface area contributed by atoms with E-state index in [-0.39, 0.29) is 0 Å². The molecule has 0 bridgehead atoms. The summed E-state index contributed by atoms with van der Waals surface area (Å²) in [6.07, 6.45) is 47.2. The van der Waals surface area contributed by atoms with E-state index in [0.717, 1.165) is 5.92 Å². The Hall–Kier alpha value is 0. The number of hydrogen-bond donors (Lipinski definition) is 0. The van der Waals surface area contributed by atoms with Gasteiger partial charge in [0.05, 0.1) is 0 Å². The Morgan fingerprint density at radius 3 is 0.611 bits per heavy atom. The highest BCUT2D eigenvalue weighted by Crippen LogP contribution is 2.19. The van der Waals surface area contributed by atoms with Gasteiger partial charge < -0.3 is 0 Å². The molecule has 218 valence electrons. The van der Waals surface area contributed by atoms with E-state index < -0.39 is 0 Å². The molecule has 0 nitrogen and oxygen atoms in total. The molecule has 0 saturated heterocycles. The summed E-state index contributed by atoms with van der Waals surface area (Å²) in [6, 6.07) is 0. The number of rotatable bonds is 32. The van der Waals surface area contributed by atoms with Gasteiger partial charge in [0.1, 0.15) is 0 Å². The van der Waals surface area contributed by atoms with Gasteiger partial charge in [0.15, 0.2) is 0 Å². The van der Waals surface area contributed by atoms with Crippen molar-refractivity contribution in [2.75, 3.05) is 0 Å². The van der Waals surface area contributed by atoms with Crippen LogP contribution in [0.5, 0.6) is 0 Å². The van der Waals surface area contributed by atoms with Gasteiger partial charge in [-0.05, 0) is 5.92 Å². The van der Waals surface area contributed by atoms with Crippen molar-refractivity contribution in [3.8, 4) is 0 Å². The first-order chi connectivity index (χ1) is 17.8. The molecule has 0 aromatic rings. The summed E-state index contributed by atoms with van der Waals surface area (Å²) in [7, 11) is 0. The van der Waals surface area contributed by atoms with Gasteiger partial charge in [-0.25, -0.2) is 0 Å². The van der Waals surface area contributed by atoms with Gasteiger partial charge in [-0.2, -0.15) is 0 Å². The minimum atomic E-state index is 0.967. The fraction of sp³-hybridized carbons (Fsp3) is 1.00. The molecule has 0 saturated carbocycles. The molecular weight excluding hydrogens is 432 g/mol. The second-order valence-electron chi connectivity index (χ2n) is 12.6. The Balaban J connectivity index is 3.13. The van der Waals surface area contributed by atoms with Crippen LogP contribution in [0, 0.1) is 5.92 Å². The summed E-state index contributed by atoms with van der Waals surface area (Å²) in [5, 5.41) is 0. The SMILES string of the molecule is CCCCCCCCCCCCCCCCCC(C)CCCCCCCCCCCCCCCCC. The standard InChI is InChI=1S/C36H74/c1-4-6-8-10-12-14-16-18-20-22-24-26-28-30-32-34-36(3)35-33-31-29-27-25-23-21-19-17-15-13-11-9-7-5-2/h36H,4-35H2,1-3H3. The van der Waals surface area contributed by atoms with E-state index in [9.17, 15) is 0 Å². The Morgan fingerprint density at radius 2 is 0.417 bits per heavy atom. The molecule has 0 unspecified atom stereocenters. The Labute approximate surface area is 232 Å². The first-order valence-corrected chi connectivity index (χ1v) is 17.8. The molecule has 0 aromatic heterocycles. The van der Waals surface area contributed by atoms with E-state index >= 15 is 0 Å². The van der Waals surface area contributed by atoms with Gasteiger partial charge in [-0.1, -0.05) is 226 Å². The zero-order chi connectivity index (χ0) is 26.2. The van der Waals surface area contributed by atoms with Crippen molar-refractivity contribution in [3.05, 3.63) is 0 Å². The molecule has 0 radical (unpaired) electrons. The zero-order valence-electron chi connectivity index (χ0n) is 26.2. The van der Waals surface area contributed by atoms with Crippen LogP contribution in [0.4, 0.5) is 0 Å². The fourth-order valence-corrected chi connectivity index (χ4v) is 5.87. The first-order valence-electron chi connectivity index (χ1n) is 17.8. The summed E-state index contributed by atoms with van der Waals surface area (Å²) in [4.78, 5) is 0. The van der Waals surface area contributed by atoms with Crippen molar-refractivity contribution in [2.45, 2.75) is 226 Å². The van der Waals surface area contributed by atoms with Crippen LogP contribution in [-0.2, 0) is 0 Å². The smallest absolute Gasteiger partial charge is 0.0443 e. The van der Waals surface area contributed by atoms with E-state index in [2.05, 4.69) is 20.8 Å². The van der Waals surface area contributed by atoms with E-state index in [1.165, 1.54) is 205 Å². The maximum atomic E-state index is 2.51. The average Bonchev–Trinajstić information content (AvgIpc) is 2.88. The third-order valence-corrected chi connectivity index (χ3v) is 8.60. The van der Waals surface area contributed by atoms with Crippen LogP contribution in [0.1, 0.15) is 226 Å². The predicted molar refractivity (Wildman–Crippen MR) is 168 cm³/mol. The molecule has 0 heterocycles. The minimum absolute atomic E-state index is 0.967. The largest absolute Gasteiger partial charge is 0.0654 e. The molecule has 0 fully saturated rings. The van der Waals surface area contributed by atoms with E-state index in [1.807, 2.05) is 0 Å². The van der Waals surface area contributed by atoms with Crippen molar-refractivity contribution in [2.24, 2.45) is 5.92 Å². The Kier molecular flexibility index (Phi) is 33.0. The van der Waals surface area contributed by atoms with Crippen molar-refractivity contribution in [1.29, 1.82) is 0 Å². The third kappa shape index (κ3) is 32.0. The van der Waals surface area contributed by atoms with Gasteiger partial charge in [0.2, 0.25) is 0 Å². The first kappa shape index (κ1) is 36.0. The second-order valence-corrected chi connectivity index (χ2v) is 12.6. The van der Waals surface area contributed by atoms with Gasteiger partial charge >= 0.3 is 0 Å². The van der Waals surface area contributed by atoms with Crippen molar-refractivity contribution < 1.29 is 0 Å². The lowest BCUT2D eigenvalue weighted by atomic mass is 9.95. The van der Waals surface area contributed by atoms with E-state index in [1.54, 1.807) is 0 Å². The lowest BCUT2D eigenvalue weighted by molar-refractivity contribution is 0.429. The van der Waals surface area contributed by atoms with Crippen LogP contribution < -0.4 is 0 Å².